The van der Waals surface area contributed by atoms with Crippen molar-refractivity contribution in [1.82, 2.24) is 4.90 Å². The highest BCUT2D eigenvalue weighted by Crippen LogP contribution is 2.31. The number of ketones is 1. The van der Waals surface area contributed by atoms with Gasteiger partial charge in [-0.3, -0.25) is 4.79 Å². The Balaban J connectivity index is 2.70. The Morgan fingerprint density at radius 2 is 1.95 bits per heavy atom. The van der Waals surface area contributed by atoms with Gasteiger partial charge in [-0.2, -0.15) is 0 Å². The van der Waals surface area contributed by atoms with Crippen LogP contribution in [0.5, 0.6) is 5.75 Å². The molecule has 0 saturated carbocycles. The van der Waals surface area contributed by atoms with E-state index in [9.17, 15) is 14.7 Å². The topological polar surface area (TPSA) is 70.7 Å². The first-order chi connectivity index (χ1) is 9.81. The number of carbonyl (C=O) groups is 1. The van der Waals surface area contributed by atoms with Crippen LogP contribution in [0, 0.1) is 13.8 Å². The number of phenols is 1. The average molecular weight is 287 g/mol. The molecule has 0 aliphatic heterocycles. The molecule has 0 fully saturated rings. The van der Waals surface area contributed by atoms with Gasteiger partial charge in [-0.05, 0) is 25.5 Å². The number of rotatable bonds is 3. The second-order valence-electron chi connectivity index (χ2n) is 5.17. The highest BCUT2D eigenvalue weighted by Gasteiger charge is 2.17. The number of carbonyl (C=O) groups excluding carboxylic acids is 1. The normalized spacial score (nSPS) is 11.2. The van der Waals surface area contributed by atoms with Gasteiger partial charge in [0.15, 0.2) is 5.78 Å². The predicted molar refractivity (Wildman–Crippen MR) is 80.8 cm³/mol. The van der Waals surface area contributed by atoms with E-state index in [-0.39, 0.29) is 17.1 Å². The number of aryl methyl sites for hydroxylation is 2. The molecule has 0 aliphatic rings. The summed E-state index contributed by atoms with van der Waals surface area (Å²) in [5.74, 6) is -0.471. The molecule has 0 amide bonds. The van der Waals surface area contributed by atoms with E-state index < -0.39 is 5.63 Å². The molecule has 0 unspecified atom stereocenters. The van der Waals surface area contributed by atoms with E-state index in [2.05, 4.69) is 0 Å². The summed E-state index contributed by atoms with van der Waals surface area (Å²) in [5.41, 5.74) is 1.11. The molecule has 1 aromatic carbocycles. The van der Waals surface area contributed by atoms with E-state index in [4.69, 9.17) is 4.42 Å². The maximum Gasteiger partial charge on any atom is 0.336 e. The van der Waals surface area contributed by atoms with Gasteiger partial charge in [0.25, 0.3) is 0 Å². The largest absolute Gasteiger partial charge is 0.507 e. The van der Waals surface area contributed by atoms with Crippen LogP contribution < -0.4 is 5.63 Å². The summed E-state index contributed by atoms with van der Waals surface area (Å²) in [7, 11) is 3.60. The Morgan fingerprint density at radius 1 is 1.29 bits per heavy atom. The lowest BCUT2D eigenvalue weighted by Gasteiger charge is -2.10. The summed E-state index contributed by atoms with van der Waals surface area (Å²) in [6, 6.07) is 2.92. The average Bonchev–Trinajstić information content (AvgIpc) is 2.40. The standard InChI is InChI=1S/C16H17NO4/c1-9-7-14(19)21-16-10(2)15(20)12(8-11(9)16)13(18)5-6-17(3)4/h5-8,20H,1-4H3/b6-5-. The maximum absolute atomic E-state index is 12.2. The van der Waals surface area contributed by atoms with Gasteiger partial charge in [-0.25, -0.2) is 4.79 Å². The Bertz CT molecular complexity index is 800. The summed E-state index contributed by atoms with van der Waals surface area (Å²) in [4.78, 5) is 25.3. The summed E-state index contributed by atoms with van der Waals surface area (Å²) >= 11 is 0. The molecule has 0 bridgehead atoms. The first-order valence-corrected chi connectivity index (χ1v) is 6.47. The van der Waals surface area contributed by atoms with Crippen molar-refractivity contribution in [1.29, 1.82) is 0 Å². The molecule has 0 saturated heterocycles. The van der Waals surface area contributed by atoms with Crippen LogP contribution in [0.25, 0.3) is 11.0 Å². The van der Waals surface area contributed by atoms with Gasteiger partial charge in [0.1, 0.15) is 11.3 Å². The zero-order chi connectivity index (χ0) is 15.7. The van der Waals surface area contributed by atoms with Crippen molar-refractivity contribution in [2.75, 3.05) is 14.1 Å². The van der Waals surface area contributed by atoms with Crippen molar-refractivity contribution >= 4 is 16.8 Å². The van der Waals surface area contributed by atoms with E-state index in [0.717, 1.165) is 0 Å². The first kappa shape index (κ1) is 14.8. The lowest BCUT2D eigenvalue weighted by Crippen LogP contribution is -2.05. The minimum Gasteiger partial charge on any atom is -0.507 e. The van der Waals surface area contributed by atoms with E-state index >= 15 is 0 Å². The number of hydrogen-bond donors (Lipinski definition) is 1. The molecule has 1 aromatic heterocycles. The molecule has 0 atom stereocenters. The van der Waals surface area contributed by atoms with Crippen molar-refractivity contribution in [3.63, 3.8) is 0 Å². The predicted octanol–water partition coefficient (Wildman–Crippen LogP) is 2.37. The second kappa shape index (κ2) is 5.44. The van der Waals surface area contributed by atoms with Gasteiger partial charge in [0.05, 0.1) is 5.56 Å². The van der Waals surface area contributed by atoms with Crippen molar-refractivity contribution in [3.05, 3.63) is 51.5 Å². The molecule has 2 aromatic rings. The van der Waals surface area contributed by atoms with Crippen LogP contribution in [-0.4, -0.2) is 29.9 Å². The molecular weight excluding hydrogens is 270 g/mol. The quantitative estimate of drug-likeness (QED) is 0.533. The molecule has 0 radical (unpaired) electrons. The first-order valence-electron chi connectivity index (χ1n) is 6.47. The van der Waals surface area contributed by atoms with Gasteiger partial charge in [0, 0.05) is 43.4 Å². The van der Waals surface area contributed by atoms with Gasteiger partial charge in [-0.15, -0.1) is 0 Å². The Morgan fingerprint density at radius 3 is 2.57 bits per heavy atom. The fraction of sp³-hybridized carbons (Fsp3) is 0.250. The third kappa shape index (κ3) is 2.81. The monoisotopic (exact) mass is 287 g/mol. The third-order valence-electron chi connectivity index (χ3n) is 3.24. The SMILES string of the molecule is Cc1cc(=O)oc2c(C)c(O)c(C(=O)/C=C\N(C)C)cc12. The van der Waals surface area contributed by atoms with E-state index in [1.807, 2.05) is 0 Å². The fourth-order valence-corrected chi connectivity index (χ4v) is 2.09. The van der Waals surface area contributed by atoms with Gasteiger partial charge in [0.2, 0.25) is 0 Å². The molecular formula is C16H17NO4. The lowest BCUT2D eigenvalue weighted by molar-refractivity contribution is 0.104. The highest BCUT2D eigenvalue weighted by molar-refractivity contribution is 6.09. The van der Waals surface area contributed by atoms with Crippen molar-refractivity contribution in [2.24, 2.45) is 0 Å². The van der Waals surface area contributed by atoms with Crippen LogP contribution in [-0.2, 0) is 0 Å². The summed E-state index contributed by atoms with van der Waals surface area (Å²) < 4.78 is 5.13. The van der Waals surface area contributed by atoms with Gasteiger partial charge < -0.3 is 14.4 Å². The number of fused-ring (bicyclic) bond motifs is 1. The molecule has 110 valence electrons. The Hall–Kier alpha value is -2.56. The Kier molecular flexibility index (Phi) is 3.84. The van der Waals surface area contributed by atoms with Gasteiger partial charge in [-0.1, -0.05) is 0 Å². The number of phenolic OH excluding ortho intramolecular Hbond substituents is 1. The molecule has 1 N–H and O–H groups in total. The zero-order valence-electron chi connectivity index (χ0n) is 12.4. The van der Waals surface area contributed by atoms with Crippen LogP contribution in [0.15, 0.2) is 33.6 Å². The minimum atomic E-state index is -0.478. The highest BCUT2D eigenvalue weighted by atomic mass is 16.4. The number of benzene rings is 1. The van der Waals surface area contributed by atoms with E-state index in [0.29, 0.717) is 22.1 Å². The number of allylic oxidation sites excluding steroid dienone is 1. The van der Waals surface area contributed by atoms with Gasteiger partial charge >= 0.3 is 5.63 Å². The van der Waals surface area contributed by atoms with Crippen LogP contribution in [0.4, 0.5) is 0 Å². The maximum atomic E-state index is 12.2. The molecule has 1 heterocycles. The second-order valence-corrected chi connectivity index (χ2v) is 5.17. The summed E-state index contributed by atoms with van der Waals surface area (Å²) in [6.07, 6.45) is 2.99. The molecule has 2 rings (SSSR count). The molecule has 0 spiro atoms. The van der Waals surface area contributed by atoms with E-state index in [1.54, 1.807) is 45.1 Å². The molecule has 0 aliphatic carbocycles. The smallest absolute Gasteiger partial charge is 0.336 e. The van der Waals surface area contributed by atoms with Crippen LogP contribution in [0.3, 0.4) is 0 Å². The van der Waals surface area contributed by atoms with Crippen LogP contribution in [0.1, 0.15) is 21.5 Å². The van der Waals surface area contributed by atoms with Crippen molar-refractivity contribution in [3.8, 4) is 5.75 Å². The number of hydrogen-bond acceptors (Lipinski definition) is 5. The summed E-state index contributed by atoms with van der Waals surface area (Å²) in [5, 5.41) is 10.8. The minimum absolute atomic E-state index is 0.162. The number of nitrogens with zero attached hydrogens (tertiary/aromatic N) is 1. The van der Waals surface area contributed by atoms with Crippen LogP contribution in [0.2, 0.25) is 0 Å². The Labute approximate surface area is 122 Å². The van der Waals surface area contributed by atoms with Crippen molar-refractivity contribution < 1.29 is 14.3 Å². The van der Waals surface area contributed by atoms with Crippen molar-refractivity contribution in [2.45, 2.75) is 13.8 Å². The lowest BCUT2D eigenvalue weighted by atomic mass is 10.00. The molecule has 5 heteroatoms. The number of aromatic hydroxyl groups is 1. The van der Waals surface area contributed by atoms with Crippen LogP contribution >= 0.6 is 0 Å². The summed E-state index contributed by atoms with van der Waals surface area (Å²) in [6.45, 7) is 3.38. The van der Waals surface area contributed by atoms with E-state index in [1.165, 1.54) is 12.1 Å². The molecule has 5 nitrogen and oxygen atoms in total. The third-order valence-corrected chi connectivity index (χ3v) is 3.24. The fourth-order valence-electron chi connectivity index (χ4n) is 2.09. The zero-order valence-corrected chi connectivity index (χ0v) is 12.4. The molecule has 21 heavy (non-hydrogen) atoms.